The topological polar surface area (TPSA) is 69.5 Å². The molecule has 1 N–H and O–H groups in total. The van der Waals surface area contributed by atoms with Crippen LogP contribution in [-0.2, 0) is 22.7 Å². The van der Waals surface area contributed by atoms with Crippen molar-refractivity contribution in [2.75, 3.05) is 33.7 Å². The Labute approximate surface area is 149 Å². The molecule has 1 fully saturated rings. The Morgan fingerprint density at radius 2 is 1.96 bits per heavy atom. The molecular weight excluding hydrogens is 318 g/mol. The van der Waals surface area contributed by atoms with Crippen molar-refractivity contribution in [1.29, 1.82) is 0 Å². The first-order chi connectivity index (χ1) is 12.2. The monoisotopic (exact) mass is 345 g/mol. The molecule has 0 unspecified atom stereocenters. The minimum Gasteiger partial charge on any atom is -0.387 e. The van der Waals surface area contributed by atoms with Crippen LogP contribution in [0.2, 0.25) is 0 Å². The van der Waals surface area contributed by atoms with Gasteiger partial charge in [-0.05, 0) is 44.1 Å². The molecule has 7 nitrogen and oxygen atoms in total. The highest BCUT2D eigenvalue weighted by atomic mass is 16.7. The van der Waals surface area contributed by atoms with Crippen molar-refractivity contribution in [1.82, 2.24) is 15.3 Å². The predicted octanol–water partition coefficient (Wildman–Crippen LogP) is 1.45. The number of hydrogen-bond acceptors (Lipinski definition) is 7. The lowest BCUT2D eigenvalue weighted by Gasteiger charge is -2.19. The van der Waals surface area contributed by atoms with Gasteiger partial charge in [0.15, 0.2) is 6.29 Å². The molecule has 1 aliphatic rings. The summed E-state index contributed by atoms with van der Waals surface area (Å²) in [6, 6.07) is 8.62. The van der Waals surface area contributed by atoms with Gasteiger partial charge in [-0.2, -0.15) is 5.10 Å². The molecule has 0 aromatic heterocycles. The first-order valence-corrected chi connectivity index (χ1v) is 8.59. The van der Waals surface area contributed by atoms with Crippen molar-refractivity contribution < 1.29 is 9.63 Å². The zero-order valence-corrected chi connectivity index (χ0v) is 15.0. The summed E-state index contributed by atoms with van der Waals surface area (Å²) in [6.45, 7) is 4.50. The Hall–Kier alpha value is -2.09. The summed E-state index contributed by atoms with van der Waals surface area (Å²) < 4.78 is 0. The van der Waals surface area contributed by atoms with Crippen molar-refractivity contribution in [3.63, 3.8) is 0 Å². The van der Waals surface area contributed by atoms with E-state index in [0.29, 0.717) is 25.3 Å². The number of carbonyl (C=O) groups is 1. The maximum Gasteiger partial charge on any atom is 0.247 e. The highest BCUT2D eigenvalue weighted by molar-refractivity contribution is 6.12. The number of rotatable bonds is 9. The lowest BCUT2D eigenvalue weighted by atomic mass is 10.1. The van der Waals surface area contributed by atoms with Crippen molar-refractivity contribution in [2.24, 2.45) is 10.2 Å². The molecule has 0 aliphatic carbocycles. The standard InChI is InChI=1S/C18H27N5O2/c1-19-13-18(21-20-9-12-24)25-22(2)14-16-5-7-17(8-6-16)15-23-10-3-4-11-23/h5-9,12,19H,3-4,10-11,13-15H2,1-2H3/b20-9+,21-18-. The molecule has 7 heteroatoms. The zero-order valence-electron chi connectivity index (χ0n) is 15.0. The second kappa shape index (κ2) is 10.7. The number of hydrogen-bond donors (Lipinski definition) is 1. The van der Waals surface area contributed by atoms with Crippen LogP contribution in [0.25, 0.3) is 0 Å². The lowest BCUT2D eigenvalue weighted by molar-refractivity contribution is -0.102. The Morgan fingerprint density at radius 1 is 1.28 bits per heavy atom. The maximum atomic E-state index is 10.3. The van der Waals surface area contributed by atoms with E-state index in [1.54, 1.807) is 12.1 Å². The number of nitrogens with zero attached hydrogens (tertiary/aromatic N) is 4. The summed E-state index contributed by atoms with van der Waals surface area (Å²) in [5.41, 5.74) is 2.50. The van der Waals surface area contributed by atoms with E-state index in [2.05, 4.69) is 44.7 Å². The van der Waals surface area contributed by atoms with E-state index in [1.165, 1.54) is 31.5 Å². The number of likely N-dealkylation sites (N-methyl/N-ethyl adjacent to an activating group) is 1. The lowest BCUT2D eigenvalue weighted by Crippen LogP contribution is -2.29. The van der Waals surface area contributed by atoms with Crippen LogP contribution < -0.4 is 5.32 Å². The molecule has 2 rings (SSSR count). The molecule has 0 amide bonds. The van der Waals surface area contributed by atoms with Gasteiger partial charge < -0.3 is 10.2 Å². The summed E-state index contributed by atoms with van der Waals surface area (Å²) in [7, 11) is 3.63. The molecule has 136 valence electrons. The van der Waals surface area contributed by atoms with E-state index >= 15 is 0 Å². The van der Waals surface area contributed by atoms with Gasteiger partial charge in [-0.15, -0.1) is 10.2 Å². The van der Waals surface area contributed by atoms with Crippen LogP contribution in [0.3, 0.4) is 0 Å². The predicted molar refractivity (Wildman–Crippen MR) is 99.4 cm³/mol. The normalized spacial score (nSPS) is 16.0. The van der Waals surface area contributed by atoms with Gasteiger partial charge in [-0.25, -0.2) is 0 Å². The fraction of sp³-hybridized carbons (Fsp3) is 0.500. The minimum atomic E-state index is 0.397. The van der Waals surface area contributed by atoms with Crippen LogP contribution in [0, 0.1) is 0 Å². The fourth-order valence-corrected chi connectivity index (χ4v) is 2.78. The van der Waals surface area contributed by atoms with Gasteiger partial charge in [-0.1, -0.05) is 24.3 Å². The van der Waals surface area contributed by atoms with Crippen molar-refractivity contribution in [3.05, 3.63) is 35.4 Å². The van der Waals surface area contributed by atoms with E-state index < -0.39 is 0 Å². The summed E-state index contributed by atoms with van der Waals surface area (Å²) >= 11 is 0. The van der Waals surface area contributed by atoms with Gasteiger partial charge in [0.05, 0.1) is 19.3 Å². The van der Waals surface area contributed by atoms with Gasteiger partial charge in [0.1, 0.15) is 0 Å². The highest BCUT2D eigenvalue weighted by Gasteiger charge is 2.12. The second-order valence-electron chi connectivity index (χ2n) is 6.10. The first-order valence-electron chi connectivity index (χ1n) is 8.59. The molecule has 1 heterocycles. The number of likely N-dealkylation sites (tertiary alicyclic amines) is 1. The van der Waals surface area contributed by atoms with Gasteiger partial charge >= 0.3 is 0 Å². The summed E-state index contributed by atoms with van der Waals surface area (Å²) in [5.74, 6) is 0.397. The van der Waals surface area contributed by atoms with E-state index in [4.69, 9.17) is 4.84 Å². The third kappa shape index (κ3) is 7.13. The van der Waals surface area contributed by atoms with Gasteiger partial charge in [0.2, 0.25) is 5.90 Å². The summed E-state index contributed by atoms with van der Waals surface area (Å²) in [6.07, 6.45) is 4.28. The molecule has 0 atom stereocenters. The molecule has 1 aromatic rings. The van der Waals surface area contributed by atoms with Crippen molar-refractivity contribution >= 4 is 18.4 Å². The average Bonchev–Trinajstić information content (AvgIpc) is 3.10. The summed E-state index contributed by atoms with van der Waals surface area (Å²) in [4.78, 5) is 18.4. The number of aldehydes is 1. The van der Waals surface area contributed by atoms with E-state index in [-0.39, 0.29) is 0 Å². The first kappa shape index (κ1) is 19.2. The average molecular weight is 345 g/mol. The van der Waals surface area contributed by atoms with Gasteiger partial charge in [0.25, 0.3) is 0 Å². The van der Waals surface area contributed by atoms with Gasteiger partial charge in [-0.3, -0.25) is 9.69 Å². The zero-order chi connectivity index (χ0) is 17.9. The smallest absolute Gasteiger partial charge is 0.247 e. The number of hydroxylamine groups is 2. The molecule has 1 aliphatic heterocycles. The maximum absolute atomic E-state index is 10.3. The molecule has 0 spiro atoms. The van der Waals surface area contributed by atoms with Crippen molar-refractivity contribution in [2.45, 2.75) is 25.9 Å². The molecule has 1 saturated heterocycles. The van der Waals surface area contributed by atoms with E-state index in [1.807, 2.05) is 7.05 Å². The van der Waals surface area contributed by atoms with Crippen LogP contribution in [0.4, 0.5) is 0 Å². The van der Waals surface area contributed by atoms with Crippen LogP contribution in [-0.4, -0.2) is 62.1 Å². The number of nitrogens with one attached hydrogen (secondary N) is 1. The van der Waals surface area contributed by atoms with E-state index in [0.717, 1.165) is 18.3 Å². The van der Waals surface area contributed by atoms with Crippen LogP contribution in [0.5, 0.6) is 0 Å². The quantitative estimate of drug-likeness (QED) is 0.317. The fourth-order valence-electron chi connectivity index (χ4n) is 2.78. The molecule has 0 bridgehead atoms. The summed E-state index contributed by atoms with van der Waals surface area (Å²) in [5, 5.41) is 12.2. The van der Waals surface area contributed by atoms with E-state index in [9.17, 15) is 4.79 Å². The Balaban J connectivity index is 1.85. The van der Waals surface area contributed by atoms with Crippen LogP contribution in [0.15, 0.2) is 34.5 Å². The Morgan fingerprint density at radius 3 is 2.60 bits per heavy atom. The third-order valence-electron chi connectivity index (χ3n) is 3.92. The van der Waals surface area contributed by atoms with Crippen LogP contribution in [0.1, 0.15) is 24.0 Å². The largest absolute Gasteiger partial charge is 0.387 e. The third-order valence-corrected chi connectivity index (χ3v) is 3.92. The SMILES string of the molecule is CNC/C(=N/N=C/C=O)ON(C)Cc1ccc(CN2CCCC2)cc1. The van der Waals surface area contributed by atoms with Crippen molar-refractivity contribution in [3.8, 4) is 0 Å². The van der Waals surface area contributed by atoms with Crippen LogP contribution >= 0.6 is 0 Å². The van der Waals surface area contributed by atoms with Gasteiger partial charge in [0, 0.05) is 13.6 Å². The number of carbonyl (C=O) groups excluding carboxylic acids is 1. The molecular formula is C18H27N5O2. The molecule has 25 heavy (non-hydrogen) atoms. The molecule has 1 aromatic carbocycles. The minimum absolute atomic E-state index is 0.397. The molecule has 0 radical (unpaired) electrons. The Kier molecular flexibility index (Phi) is 8.24. The molecule has 0 saturated carbocycles. The highest BCUT2D eigenvalue weighted by Crippen LogP contribution is 2.14. The second-order valence-corrected chi connectivity index (χ2v) is 6.10. The Bertz CT molecular complexity index is 580. The number of benzene rings is 1.